The SMILES string of the molecule is CCC(C)C(N)c1nnc2sc(SCC=Cc3ccccc3)nn12. The third-order valence-electron chi connectivity index (χ3n) is 3.96. The maximum atomic E-state index is 6.28. The zero-order valence-corrected chi connectivity index (χ0v) is 15.4. The zero-order valence-electron chi connectivity index (χ0n) is 13.8. The Labute approximate surface area is 150 Å². The molecule has 2 unspecified atom stereocenters. The second kappa shape index (κ2) is 7.92. The van der Waals surface area contributed by atoms with Gasteiger partial charge < -0.3 is 5.73 Å². The van der Waals surface area contributed by atoms with E-state index in [9.17, 15) is 0 Å². The van der Waals surface area contributed by atoms with Crippen molar-refractivity contribution in [2.24, 2.45) is 11.7 Å². The number of aromatic nitrogens is 4. The van der Waals surface area contributed by atoms with Crippen molar-refractivity contribution in [2.75, 3.05) is 5.75 Å². The minimum Gasteiger partial charge on any atom is -0.321 e. The number of hydrogen-bond donors (Lipinski definition) is 1. The molecule has 2 aromatic heterocycles. The van der Waals surface area contributed by atoms with Gasteiger partial charge in [-0.15, -0.1) is 15.3 Å². The van der Waals surface area contributed by atoms with Gasteiger partial charge in [0.15, 0.2) is 10.2 Å². The fourth-order valence-corrected chi connectivity index (χ4v) is 3.98. The molecule has 0 fully saturated rings. The van der Waals surface area contributed by atoms with Gasteiger partial charge in [-0.3, -0.25) is 0 Å². The van der Waals surface area contributed by atoms with Gasteiger partial charge in [0.05, 0.1) is 6.04 Å². The van der Waals surface area contributed by atoms with Crippen LogP contribution < -0.4 is 5.73 Å². The Morgan fingerprint density at radius 3 is 2.83 bits per heavy atom. The maximum Gasteiger partial charge on any atom is 0.235 e. The number of nitrogens with zero attached hydrogens (tertiary/aromatic N) is 4. The summed E-state index contributed by atoms with van der Waals surface area (Å²) in [6, 6.07) is 10.1. The summed E-state index contributed by atoms with van der Waals surface area (Å²) >= 11 is 3.25. The van der Waals surface area contributed by atoms with Crippen molar-refractivity contribution in [3.05, 3.63) is 47.8 Å². The van der Waals surface area contributed by atoms with E-state index in [1.54, 1.807) is 27.6 Å². The molecular formula is C17H21N5S2. The van der Waals surface area contributed by atoms with Gasteiger partial charge in [-0.05, 0) is 11.5 Å². The van der Waals surface area contributed by atoms with E-state index in [4.69, 9.17) is 5.73 Å². The number of hydrogen-bond acceptors (Lipinski definition) is 6. The number of thioether (sulfide) groups is 1. The topological polar surface area (TPSA) is 69.1 Å². The van der Waals surface area contributed by atoms with E-state index in [1.165, 1.54) is 5.56 Å². The molecular weight excluding hydrogens is 338 g/mol. The van der Waals surface area contributed by atoms with E-state index >= 15 is 0 Å². The normalized spacial score (nSPS) is 14.5. The third kappa shape index (κ3) is 3.85. The summed E-state index contributed by atoms with van der Waals surface area (Å²) < 4.78 is 2.78. The summed E-state index contributed by atoms with van der Waals surface area (Å²) in [5.74, 6) is 1.97. The largest absolute Gasteiger partial charge is 0.321 e. The Hall–Kier alpha value is -1.70. The molecule has 1 aromatic carbocycles. The summed E-state index contributed by atoms with van der Waals surface area (Å²) in [4.78, 5) is 0.804. The molecule has 2 N–H and O–H groups in total. The molecule has 2 heterocycles. The summed E-state index contributed by atoms with van der Waals surface area (Å²) in [5.41, 5.74) is 7.48. The predicted octanol–water partition coefficient (Wildman–Crippen LogP) is 4.04. The number of benzene rings is 1. The molecule has 3 rings (SSSR count). The van der Waals surface area contributed by atoms with E-state index in [-0.39, 0.29) is 6.04 Å². The molecule has 126 valence electrons. The fourth-order valence-electron chi connectivity index (χ4n) is 2.26. The fraction of sp³-hybridized carbons (Fsp3) is 0.353. The highest BCUT2D eigenvalue weighted by Gasteiger charge is 2.21. The van der Waals surface area contributed by atoms with Crippen molar-refractivity contribution in [1.82, 2.24) is 19.8 Å². The van der Waals surface area contributed by atoms with E-state index in [1.807, 2.05) is 18.2 Å². The van der Waals surface area contributed by atoms with E-state index < -0.39 is 0 Å². The molecule has 0 radical (unpaired) electrons. The van der Waals surface area contributed by atoms with Crippen LogP contribution in [0.1, 0.15) is 37.7 Å². The maximum absolute atomic E-state index is 6.28. The lowest BCUT2D eigenvalue weighted by atomic mass is 10.00. The van der Waals surface area contributed by atoms with Crippen LogP contribution in [0.4, 0.5) is 0 Å². The smallest absolute Gasteiger partial charge is 0.235 e. The monoisotopic (exact) mass is 359 g/mol. The standard InChI is InChI=1S/C17H21N5S2/c1-3-12(2)14(18)15-19-20-16-22(15)21-17(24-16)23-11-7-10-13-8-5-4-6-9-13/h4-10,12,14H,3,11,18H2,1-2H3. The molecule has 2 atom stereocenters. The average Bonchev–Trinajstić information content (AvgIpc) is 3.18. The van der Waals surface area contributed by atoms with Crippen molar-refractivity contribution in [3.8, 4) is 0 Å². The van der Waals surface area contributed by atoms with Crippen LogP contribution in [0.3, 0.4) is 0 Å². The van der Waals surface area contributed by atoms with Crippen LogP contribution in [0.2, 0.25) is 0 Å². The summed E-state index contributed by atoms with van der Waals surface area (Å²) in [6.45, 7) is 4.26. The van der Waals surface area contributed by atoms with Crippen LogP contribution in [0.25, 0.3) is 11.0 Å². The lowest BCUT2D eigenvalue weighted by molar-refractivity contribution is 0.431. The van der Waals surface area contributed by atoms with Crippen molar-refractivity contribution in [2.45, 2.75) is 30.6 Å². The van der Waals surface area contributed by atoms with E-state index in [2.05, 4.69) is 53.4 Å². The van der Waals surface area contributed by atoms with Crippen molar-refractivity contribution >= 4 is 34.1 Å². The molecule has 0 amide bonds. The van der Waals surface area contributed by atoms with Crippen LogP contribution in [-0.4, -0.2) is 25.6 Å². The first-order valence-corrected chi connectivity index (χ1v) is 9.81. The minimum absolute atomic E-state index is 0.136. The van der Waals surface area contributed by atoms with E-state index in [0.29, 0.717) is 5.92 Å². The lowest BCUT2D eigenvalue weighted by Gasteiger charge is -2.15. The van der Waals surface area contributed by atoms with Crippen LogP contribution in [0, 0.1) is 5.92 Å². The average molecular weight is 360 g/mol. The van der Waals surface area contributed by atoms with Gasteiger partial charge in [0.1, 0.15) is 0 Å². The number of fused-ring (bicyclic) bond motifs is 1. The van der Waals surface area contributed by atoms with Gasteiger partial charge in [0, 0.05) is 5.75 Å². The molecule has 0 aliphatic rings. The highest BCUT2D eigenvalue weighted by Crippen LogP contribution is 2.27. The van der Waals surface area contributed by atoms with Gasteiger partial charge in [-0.25, -0.2) is 0 Å². The second-order valence-corrected chi connectivity index (χ2v) is 7.88. The van der Waals surface area contributed by atoms with Crippen LogP contribution in [-0.2, 0) is 0 Å². The number of nitrogens with two attached hydrogens (primary N) is 1. The Bertz CT molecular complexity index is 809. The zero-order chi connectivity index (χ0) is 16.9. The summed E-state index contributed by atoms with van der Waals surface area (Å²) in [6.07, 6.45) is 5.28. The van der Waals surface area contributed by atoms with Crippen molar-refractivity contribution < 1.29 is 0 Å². The molecule has 0 saturated heterocycles. The van der Waals surface area contributed by atoms with Crippen molar-refractivity contribution in [1.29, 1.82) is 0 Å². The van der Waals surface area contributed by atoms with Gasteiger partial charge in [-0.2, -0.15) is 4.52 Å². The van der Waals surface area contributed by atoms with Crippen molar-refractivity contribution in [3.63, 3.8) is 0 Å². The van der Waals surface area contributed by atoms with Crippen LogP contribution in [0.15, 0.2) is 40.7 Å². The Morgan fingerprint density at radius 1 is 1.29 bits per heavy atom. The van der Waals surface area contributed by atoms with Crippen LogP contribution >= 0.6 is 23.1 Å². The molecule has 0 spiro atoms. The third-order valence-corrected chi connectivity index (χ3v) is 5.95. The van der Waals surface area contributed by atoms with Crippen LogP contribution in [0.5, 0.6) is 0 Å². The highest BCUT2D eigenvalue weighted by molar-refractivity contribution is 8.01. The molecule has 24 heavy (non-hydrogen) atoms. The quantitative estimate of drug-likeness (QED) is 0.645. The van der Waals surface area contributed by atoms with E-state index in [0.717, 1.165) is 27.3 Å². The molecule has 0 bridgehead atoms. The minimum atomic E-state index is -0.136. The molecule has 5 nitrogen and oxygen atoms in total. The Morgan fingerprint density at radius 2 is 2.08 bits per heavy atom. The summed E-state index contributed by atoms with van der Waals surface area (Å²) in [5, 5.41) is 13.0. The van der Waals surface area contributed by atoms with Gasteiger partial charge in [0.25, 0.3) is 0 Å². The summed E-state index contributed by atoms with van der Waals surface area (Å²) in [7, 11) is 0. The first-order chi connectivity index (χ1) is 11.7. The Balaban J connectivity index is 1.66. The molecule has 3 aromatic rings. The lowest BCUT2D eigenvalue weighted by Crippen LogP contribution is -2.21. The first kappa shape index (κ1) is 17.1. The first-order valence-electron chi connectivity index (χ1n) is 8.01. The Kier molecular flexibility index (Phi) is 5.65. The van der Waals surface area contributed by atoms with Gasteiger partial charge in [0.2, 0.25) is 4.96 Å². The molecule has 0 aliphatic heterocycles. The predicted molar refractivity (Wildman–Crippen MR) is 101 cm³/mol. The molecule has 0 saturated carbocycles. The highest BCUT2D eigenvalue weighted by atomic mass is 32.2. The van der Waals surface area contributed by atoms with Gasteiger partial charge in [-0.1, -0.05) is 85.9 Å². The number of rotatable bonds is 7. The molecule has 7 heteroatoms. The second-order valence-electron chi connectivity index (χ2n) is 5.66. The molecule has 0 aliphatic carbocycles. The van der Waals surface area contributed by atoms with Gasteiger partial charge >= 0.3 is 0 Å².